The lowest BCUT2D eigenvalue weighted by molar-refractivity contribution is -0.384. The van der Waals surface area contributed by atoms with Crippen molar-refractivity contribution in [1.82, 2.24) is 0 Å². The second-order valence-corrected chi connectivity index (χ2v) is 5.47. The first-order chi connectivity index (χ1) is 10.4. The summed E-state index contributed by atoms with van der Waals surface area (Å²) in [5.74, 6) is 0.0559. The van der Waals surface area contributed by atoms with Crippen LogP contribution < -0.4 is 5.73 Å². The van der Waals surface area contributed by atoms with Crippen LogP contribution in [0.5, 0.6) is 0 Å². The Balaban J connectivity index is 2.44. The van der Waals surface area contributed by atoms with Crippen molar-refractivity contribution >= 4 is 11.5 Å². The molecule has 1 aliphatic carbocycles. The highest BCUT2D eigenvalue weighted by atomic mass is 16.6. The number of allylic oxidation sites excluding steroid dienone is 2. The maximum Gasteiger partial charge on any atom is 0.269 e. The molecule has 0 saturated carbocycles. The molecule has 1 aliphatic rings. The summed E-state index contributed by atoms with van der Waals surface area (Å²) in [5.41, 5.74) is 6.13. The fraction of sp³-hybridized carbons (Fsp3) is 0.312. The normalized spacial score (nSPS) is 23.9. The van der Waals surface area contributed by atoms with E-state index < -0.39 is 16.4 Å². The molecule has 116 valence electrons. The predicted octanol–water partition coefficient (Wildman–Crippen LogP) is 2.54. The van der Waals surface area contributed by atoms with Gasteiger partial charge in [0.2, 0.25) is 0 Å². The summed E-state index contributed by atoms with van der Waals surface area (Å²) in [6.45, 7) is 1.50. The van der Waals surface area contributed by atoms with Gasteiger partial charge in [0.1, 0.15) is 11.5 Å². The number of benzene rings is 1. The highest BCUT2D eigenvalue weighted by molar-refractivity contribution is 5.75. The van der Waals surface area contributed by atoms with Gasteiger partial charge >= 0.3 is 0 Å². The van der Waals surface area contributed by atoms with E-state index in [4.69, 9.17) is 5.73 Å². The number of nitrogens with two attached hydrogens (primary N) is 1. The van der Waals surface area contributed by atoms with E-state index in [9.17, 15) is 20.0 Å². The topological polar surface area (TPSA) is 106 Å². The quantitative estimate of drug-likeness (QED) is 0.642. The highest BCUT2D eigenvalue weighted by Crippen LogP contribution is 2.39. The molecule has 0 bridgehead atoms. The molecule has 22 heavy (non-hydrogen) atoms. The number of nitro groups is 1. The van der Waals surface area contributed by atoms with Gasteiger partial charge in [-0.15, -0.1) is 0 Å². The molecule has 0 aliphatic heterocycles. The number of aliphatic hydroxyl groups excluding tert-OH is 1. The van der Waals surface area contributed by atoms with Crippen LogP contribution in [0.1, 0.15) is 25.3 Å². The molecule has 0 amide bonds. The molecule has 0 saturated heterocycles. The van der Waals surface area contributed by atoms with Gasteiger partial charge in [-0.2, -0.15) is 0 Å². The summed E-state index contributed by atoms with van der Waals surface area (Å²) < 4.78 is 0. The summed E-state index contributed by atoms with van der Waals surface area (Å²) in [4.78, 5) is 21.7. The molecule has 0 radical (unpaired) electrons. The van der Waals surface area contributed by atoms with E-state index in [1.807, 2.05) is 6.08 Å². The Kier molecular flexibility index (Phi) is 4.42. The fourth-order valence-electron chi connectivity index (χ4n) is 2.72. The number of carbonyl (C=O) groups is 1. The SMILES string of the molecule is CC(=O)CC[C@]1(c2ccc([N+](=O)[O-])cc2)C=CC=C(O)C1N. The number of hydrogen-bond acceptors (Lipinski definition) is 5. The van der Waals surface area contributed by atoms with E-state index in [2.05, 4.69) is 0 Å². The minimum atomic E-state index is -0.750. The van der Waals surface area contributed by atoms with Gasteiger partial charge in [-0.3, -0.25) is 10.1 Å². The lowest BCUT2D eigenvalue weighted by atomic mass is 9.68. The van der Waals surface area contributed by atoms with Gasteiger partial charge in [0.15, 0.2) is 0 Å². The van der Waals surface area contributed by atoms with Crippen LogP contribution in [0.3, 0.4) is 0 Å². The number of carbonyl (C=O) groups excluding carboxylic acids is 1. The third-order valence-electron chi connectivity index (χ3n) is 4.04. The van der Waals surface area contributed by atoms with Crippen molar-refractivity contribution in [2.24, 2.45) is 5.73 Å². The number of non-ortho nitro benzene ring substituents is 1. The van der Waals surface area contributed by atoms with Gasteiger partial charge in [0, 0.05) is 24.0 Å². The van der Waals surface area contributed by atoms with Crippen LogP contribution in [0.25, 0.3) is 0 Å². The second-order valence-electron chi connectivity index (χ2n) is 5.47. The first-order valence-electron chi connectivity index (χ1n) is 6.95. The van der Waals surface area contributed by atoms with Gasteiger partial charge in [-0.1, -0.05) is 24.3 Å². The number of ketones is 1. The minimum absolute atomic E-state index is 0.0152. The zero-order chi connectivity index (χ0) is 16.3. The lowest BCUT2D eigenvalue weighted by Gasteiger charge is -2.38. The molecule has 0 spiro atoms. The molecule has 0 fully saturated rings. The Morgan fingerprint density at radius 1 is 1.41 bits per heavy atom. The van der Waals surface area contributed by atoms with Crippen molar-refractivity contribution in [3.05, 3.63) is 63.9 Å². The summed E-state index contributed by atoms with van der Waals surface area (Å²) in [5, 5.41) is 20.7. The van der Waals surface area contributed by atoms with Gasteiger partial charge in [-0.05, 0) is 25.0 Å². The first-order valence-corrected chi connectivity index (χ1v) is 6.95. The summed E-state index contributed by atoms with van der Waals surface area (Å²) in [6.07, 6.45) is 5.79. The van der Waals surface area contributed by atoms with E-state index in [1.165, 1.54) is 25.1 Å². The first kappa shape index (κ1) is 15.9. The molecule has 0 heterocycles. The van der Waals surface area contributed by atoms with Crippen molar-refractivity contribution in [2.45, 2.75) is 31.2 Å². The highest BCUT2D eigenvalue weighted by Gasteiger charge is 2.40. The number of rotatable bonds is 5. The monoisotopic (exact) mass is 302 g/mol. The van der Waals surface area contributed by atoms with Crippen molar-refractivity contribution in [3.63, 3.8) is 0 Å². The molecule has 2 rings (SSSR count). The van der Waals surface area contributed by atoms with Crippen molar-refractivity contribution in [1.29, 1.82) is 0 Å². The van der Waals surface area contributed by atoms with Gasteiger partial charge in [-0.25, -0.2) is 0 Å². The molecule has 3 N–H and O–H groups in total. The van der Waals surface area contributed by atoms with Crippen LogP contribution in [-0.2, 0) is 10.2 Å². The number of nitrogens with zero attached hydrogens (tertiary/aromatic N) is 1. The Hall–Kier alpha value is -2.47. The predicted molar refractivity (Wildman–Crippen MR) is 82.5 cm³/mol. The fourth-order valence-corrected chi connectivity index (χ4v) is 2.72. The van der Waals surface area contributed by atoms with Crippen LogP contribution in [-0.4, -0.2) is 21.9 Å². The van der Waals surface area contributed by atoms with E-state index in [1.54, 1.807) is 18.2 Å². The van der Waals surface area contributed by atoms with E-state index in [-0.39, 0.29) is 17.2 Å². The second kappa shape index (κ2) is 6.11. The van der Waals surface area contributed by atoms with Crippen LogP contribution in [0.2, 0.25) is 0 Å². The maximum atomic E-state index is 11.4. The largest absolute Gasteiger partial charge is 0.511 e. The van der Waals surface area contributed by atoms with E-state index >= 15 is 0 Å². The Labute approximate surface area is 128 Å². The third kappa shape index (κ3) is 2.92. The molecule has 2 atom stereocenters. The smallest absolute Gasteiger partial charge is 0.269 e. The number of nitro benzene ring substituents is 1. The van der Waals surface area contributed by atoms with E-state index in [0.29, 0.717) is 12.8 Å². The standard InChI is InChI=1S/C16H18N2O4/c1-11(19)8-10-16(9-2-3-14(20)15(16)17)12-4-6-13(7-5-12)18(21)22/h2-7,9,15,20H,8,10,17H2,1H3/t15?,16-/m0/s1. The molecule has 1 aromatic carbocycles. The van der Waals surface area contributed by atoms with Gasteiger partial charge < -0.3 is 15.6 Å². The van der Waals surface area contributed by atoms with Gasteiger partial charge in [0.05, 0.1) is 11.0 Å². The van der Waals surface area contributed by atoms with E-state index in [0.717, 1.165) is 5.56 Å². The molecule has 1 unspecified atom stereocenters. The van der Waals surface area contributed by atoms with Crippen molar-refractivity contribution in [2.75, 3.05) is 0 Å². The van der Waals surface area contributed by atoms with Crippen LogP contribution >= 0.6 is 0 Å². The van der Waals surface area contributed by atoms with Crippen LogP contribution in [0.4, 0.5) is 5.69 Å². The summed E-state index contributed by atoms with van der Waals surface area (Å²) in [6, 6.07) is 5.36. The molecule has 1 aromatic rings. The summed E-state index contributed by atoms with van der Waals surface area (Å²) in [7, 11) is 0. The molecular weight excluding hydrogens is 284 g/mol. The lowest BCUT2D eigenvalue weighted by Crippen LogP contribution is -2.47. The van der Waals surface area contributed by atoms with Crippen LogP contribution in [0, 0.1) is 10.1 Å². The zero-order valence-electron chi connectivity index (χ0n) is 12.2. The Morgan fingerprint density at radius 2 is 2.05 bits per heavy atom. The van der Waals surface area contributed by atoms with Gasteiger partial charge in [0.25, 0.3) is 5.69 Å². The van der Waals surface area contributed by atoms with Crippen LogP contribution in [0.15, 0.2) is 48.3 Å². The molecule has 6 heteroatoms. The number of aliphatic hydroxyl groups is 1. The Bertz CT molecular complexity index is 649. The zero-order valence-corrected chi connectivity index (χ0v) is 12.2. The number of hydrogen-bond donors (Lipinski definition) is 2. The number of Topliss-reactive ketones (excluding diaryl/α,β-unsaturated/α-hetero) is 1. The van der Waals surface area contributed by atoms with Crippen molar-refractivity contribution < 1.29 is 14.8 Å². The Morgan fingerprint density at radius 3 is 2.59 bits per heavy atom. The maximum absolute atomic E-state index is 11.4. The minimum Gasteiger partial charge on any atom is -0.511 e. The molecule has 6 nitrogen and oxygen atoms in total. The average molecular weight is 302 g/mol. The average Bonchev–Trinajstić information content (AvgIpc) is 2.49. The summed E-state index contributed by atoms with van der Waals surface area (Å²) >= 11 is 0. The molecule has 0 aromatic heterocycles. The third-order valence-corrected chi connectivity index (χ3v) is 4.04. The molecular formula is C16H18N2O4. The van der Waals surface area contributed by atoms with Crippen molar-refractivity contribution in [3.8, 4) is 0 Å².